The number of hydrogen-bond acceptors (Lipinski definition) is 3. The molecule has 1 aromatic carbocycles. The Labute approximate surface area is 130 Å². The van der Waals surface area contributed by atoms with E-state index < -0.39 is 0 Å². The molecular formula is C16H14FN3OS. The zero-order valence-corrected chi connectivity index (χ0v) is 12.6. The quantitative estimate of drug-likeness (QED) is 0.790. The maximum absolute atomic E-state index is 13.7. The number of fused-ring (bicyclic) bond motifs is 2. The van der Waals surface area contributed by atoms with Crippen LogP contribution in [0.4, 0.5) is 4.39 Å². The van der Waals surface area contributed by atoms with Gasteiger partial charge in [-0.3, -0.25) is 4.79 Å². The summed E-state index contributed by atoms with van der Waals surface area (Å²) < 4.78 is 16.6. The maximum atomic E-state index is 13.7. The van der Waals surface area contributed by atoms with Crippen LogP contribution < -0.4 is 5.32 Å². The summed E-state index contributed by atoms with van der Waals surface area (Å²) in [5.41, 5.74) is 0. The van der Waals surface area contributed by atoms with E-state index in [0.29, 0.717) is 10.3 Å². The molecule has 4 rings (SSSR count). The van der Waals surface area contributed by atoms with Crippen LogP contribution in [-0.4, -0.2) is 21.5 Å². The standard InChI is InChI=1S/C16H14FN3OS/c17-12-2-1-3-13-11(12)8-14(22-13)16(21)19-10-4-5-15-18-6-7-20(15)9-10/h1-3,6-8,10H,4-5,9H2,(H,19,21)/t10-/m1/s1. The normalized spacial score (nSPS) is 17.4. The van der Waals surface area contributed by atoms with Gasteiger partial charge in [-0.15, -0.1) is 11.3 Å². The lowest BCUT2D eigenvalue weighted by molar-refractivity contribution is 0.0932. The smallest absolute Gasteiger partial charge is 0.261 e. The number of nitrogens with zero attached hydrogens (tertiary/aromatic N) is 2. The van der Waals surface area contributed by atoms with E-state index in [9.17, 15) is 9.18 Å². The first-order chi connectivity index (χ1) is 10.7. The van der Waals surface area contributed by atoms with Crippen molar-refractivity contribution in [3.05, 3.63) is 53.2 Å². The predicted octanol–water partition coefficient (Wildman–Crippen LogP) is 2.98. The summed E-state index contributed by atoms with van der Waals surface area (Å²) in [5, 5.41) is 3.56. The number of rotatable bonds is 2. The van der Waals surface area contributed by atoms with Gasteiger partial charge in [0.1, 0.15) is 11.6 Å². The third-order valence-corrected chi connectivity index (χ3v) is 5.10. The average Bonchev–Trinajstić information content (AvgIpc) is 3.13. The molecule has 1 aliphatic rings. The fourth-order valence-electron chi connectivity index (χ4n) is 2.88. The minimum Gasteiger partial charge on any atom is -0.347 e. The highest BCUT2D eigenvalue weighted by Gasteiger charge is 2.22. The number of aryl methyl sites for hydroxylation is 1. The van der Waals surface area contributed by atoms with Gasteiger partial charge in [0.15, 0.2) is 0 Å². The number of imidazole rings is 1. The Bertz CT molecular complexity index is 854. The Morgan fingerprint density at radius 2 is 2.36 bits per heavy atom. The van der Waals surface area contributed by atoms with Gasteiger partial charge >= 0.3 is 0 Å². The second-order valence-electron chi connectivity index (χ2n) is 5.47. The molecule has 4 nitrogen and oxygen atoms in total. The molecule has 0 aliphatic carbocycles. The van der Waals surface area contributed by atoms with Gasteiger partial charge in [-0.05, 0) is 24.6 Å². The van der Waals surface area contributed by atoms with E-state index in [1.54, 1.807) is 18.3 Å². The van der Waals surface area contributed by atoms with Crippen molar-refractivity contribution >= 4 is 27.3 Å². The molecule has 0 radical (unpaired) electrons. The van der Waals surface area contributed by atoms with Gasteiger partial charge in [-0.2, -0.15) is 0 Å². The third-order valence-electron chi connectivity index (χ3n) is 4.00. The van der Waals surface area contributed by atoms with Crippen LogP contribution in [0.15, 0.2) is 36.7 Å². The van der Waals surface area contributed by atoms with E-state index in [-0.39, 0.29) is 17.8 Å². The molecule has 0 unspecified atom stereocenters. The number of carbonyl (C=O) groups is 1. The van der Waals surface area contributed by atoms with Crippen molar-refractivity contribution in [2.75, 3.05) is 0 Å². The molecular weight excluding hydrogens is 301 g/mol. The first-order valence-corrected chi connectivity index (χ1v) is 8.01. The van der Waals surface area contributed by atoms with E-state index in [0.717, 1.165) is 29.9 Å². The minimum atomic E-state index is -0.284. The van der Waals surface area contributed by atoms with E-state index in [1.165, 1.54) is 17.4 Å². The Balaban J connectivity index is 1.53. The van der Waals surface area contributed by atoms with Gasteiger partial charge in [-0.1, -0.05) is 6.07 Å². The monoisotopic (exact) mass is 315 g/mol. The highest BCUT2D eigenvalue weighted by atomic mass is 32.1. The van der Waals surface area contributed by atoms with Gasteiger partial charge in [0.25, 0.3) is 5.91 Å². The molecule has 3 aromatic rings. The Hall–Kier alpha value is -2.21. The largest absolute Gasteiger partial charge is 0.347 e. The lowest BCUT2D eigenvalue weighted by Crippen LogP contribution is -2.40. The van der Waals surface area contributed by atoms with Crippen molar-refractivity contribution in [3.8, 4) is 0 Å². The van der Waals surface area contributed by atoms with Gasteiger partial charge in [0.2, 0.25) is 0 Å². The molecule has 0 fully saturated rings. The Morgan fingerprint density at radius 3 is 3.23 bits per heavy atom. The molecule has 1 amide bonds. The van der Waals surface area contributed by atoms with Gasteiger partial charge in [0, 0.05) is 41.5 Å². The average molecular weight is 315 g/mol. The molecule has 112 valence electrons. The SMILES string of the molecule is O=C(N[C@@H]1CCc2nccn2C1)c1cc2c(F)cccc2s1. The van der Waals surface area contributed by atoms with Crippen LogP contribution in [0, 0.1) is 5.82 Å². The molecule has 2 aromatic heterocycles. The summed E-state index contributed by atoms with van der Waals surface area (Å²) in [6.45, 7) is 0.736. The van der Waals surface area contributed by atoms with Crippen LogP contribution in [0.5, 0.6) is 0 Å². The zero-order chi connectivity index (χ0) is 15.1. The van der Waals surface area contributed by atoms with Crippen LogP contribution in [0.1, 0.15) is 21.9 Å². The van der Waals surface area contributed by atoms with E-state index >= 15 is 0 Å². The minimum absolute atomic E-state index is 0.0873. The number of carbonyl (C=O) groups excluding carboxylic acids is 1. The highest BCUT2D eigenvalue weighted by Crippen LogP contribution is 2.27. The molecule has 1 aliphatic heterocycles. The Kier molecular flexibility index (Phi) is 3.18. The summed E-state index contributed by atoms with van der Waals surface area (Å²) in [4.78, 5) is 17.2. The van der Waals surface area contributed by atoms with Gasteiger partial charge in [-0.25, -0.2) is 9.37 Å². The van der Waals surface area contributed by atoms with Crippen LogP contribution in [0.25, 0.3) is 10.1 Å². The van der Waals surface area contributed by atoms with Gasteiger partial charge < -0.3 is 9.88 Å². The summed E-state index contributed by atoms with van der Waals surface area (Å²) in [6, 6.07) is 6.63. The molecule has 22 heavy (non-hydrogen) atoms. The first kappa shape index (κ1) is 13.5. The van der Waals surface area contributed by atoms with Crippen LogP contribution in [0.3, 0.4) is 0 Å². The molecule has 1 N–H and O–H groups in total. The fourth-order valence-corrected chi connectivity index (χ4v) is 3.86. The van der Waals surface area contributed by atoms with Crippen molar-refractivity contribution in [2.24, 2.45) is 0 Å². The number of thiophene rings is 1. The summed E-state index contributed by atoms with van der Waals surface area (Å²) in [6.07, 6.45) is 5.46. The molecule has 0 saturated heterocycles. The fraction of sp³-hybridized carbons (Fsp3) is 0.250. The van der Waals surface area contributed by atoms with Crippen molar-refractivity contribution < 1.29 is 9.18 Å². The van der Waals surface area contributed by atoms with E-state index in [1.807, 2.05) is 12.3 Å². The second-order valence-corrected chi connectivity index (χ2v) is 6.55. The maximum Gasteiger partial charge on any atom is 0.261 e. The van der Waals surface area contributed by atoms with Crippen LogP contribution in [0.2, 0.25) is 0 Å². The topological polar surface area (TPSA) is 46.9 Å². The predicted molar refractivity (Wildman–Crippen MR) is 83.6 cm³/mol. The van der Waals surface area contributed by atoms with Crippen molar-refractivity contribution in [1.29, 1.82) is 0 Å². The number of amides is 1. The number of halogens is 1. The summed E-state index contributed by atoms with van der Waals surface area (Å²) >= 11 is 1.32. The summed E-state index contributed by atoms with van der Waals surface area (Å²) in [5.74, 6) is 0.650. The number of nitrogens with one attached hydrogen (secondary N) is 1. The second kappa shape index (κ2) is 5.21. The lowest BCUT2D eigenvalue weighted by Gasteiger charge is -2.24. The van der Waals surface area contributed by atoms with Crippen LogP contribution >= 0.6 is 11.3 Å². The Morgan fingerprint density at radius 1 is 1.45 bits per heavy atom. The van der Waals surface area contributed by atoms with Crippen molar-refractivity contribution in [3.63, 3.8) is 0 Å². The van der Waals surface area contributed by atoms with E-state index in [2.05, 4.69) is 14.9 Å². The molecule has 3 heterocycles. The number of hydrogen-bond donors (Lipinski definition) is 1. The molecule has 1 atom stereocenters. The van der Waals surface area contributed by atoms with E-state index in [4.69, 9.17) is 0 Å². The third kappa shape index (κ3) is 2.29. The molecule has 0 bridgehead atoms. The molecule has 0 saturated carbocycles. The summed E-state index contributed by atoms with van der Waals surface area (Å²) in [7, 11) is 0. The highest BCUT2D eigenvalue weighted by molar-refractivity contribution is 7.20. The zero-order valence-electron chi connectivity index (χ0n) is 11.8. The van der Waals surface area contributed by atoms with Crippen LogP contribution in [-0.2, 0) is 13.0 Å². The molecule has 0 spiro atoms. The van der Waals surface area contributed by atoms with Gasteiger partial charge in [0.05, 0.1) is 4.88 Å². The lowest BCUT2D eigenvalue weighted by atomic mass is 10.1. The number of benzene rings is 1. The van der Waals surface area contributed by atoms with Crippen molar-refractivity contribution in [1.82, 2.24) is 14.9 Å². The number of aromatic nitrogens is 2. The molecule has 6 heteroatoms. The first-order valence-electron chi connectivity index (χ1n) is 7.19. The van der Waals surface area contributed by atoms with Crippen molar-refractivity contribution in [2.45, 2.75) is 25.4 Å².